The van der Waals surface area contributed by atoms with E-state index in [0.717, 1.165) is 24.8 Å². The molecule has 1 aromatic carbocycles. The Kier molecular flexibility index (Phi) is 5.95. The number of fused-ring (bicyclic) bond motifs is 1. The average molecular weight is 395 g/mol. The number of nitrogens with zero attached hydrogens (tertiary/aromatic N) is 4. The average Bonchev–Trinajstić information content (AvgIpc) is 3.31. The van der Waals surface area contributed by atoms with Crippen LogP contribution in [0.2, 0.25) is 0 Å². The first-order valence-corrected chi connectivity index (χ1v) is 10.7. The van der Waals surface area contributed by atoms with E-state index in [9.17, 15) is 13.2 Å². The predicted molar refractivity (Wildman–Crippen MR) is 102 cm³/mol. The van der Waals surface area contributed by atoms with Crippen LogP contribution in [0.25, 0.3) is 11.0 Å². The second-order valence-corrected chi connectivity index (χ2v) is 8.72. The number of rotatable bonds is 7. The Morgan fingerprint density at radius 3 is 2.74 bits per heavy atom. The number of sulfonamides is 1. The molecule has 0 radical (unpaired) electrons. The first kappa shape index (κ1) is 19.6. The van der Waals surface area contributed by atoms with Crippen molar-refractivity contribution >= 4 is 27.1 Å². The predicted octanol–water partition coefficient (Wildman–Crippen LogP) is 1.31. The summed E-state index contributed by atoms with van der Waals surface area (Å²) in [6.07, 6.45) is 2.66. The van der Waals surface area contributed by atoms with E-state index in [4.69, 9.17) is 0 Å². The second kappa shape index (κ2) is 8.22. The molecule has 148 valence electrons. The summed E-state index contributed by atoms with van der Waals surface area (Å²) in [6.45, 7) is 5.93. The van der Waals surface area contributed by atoms with E-state index in [2.05, 4.69) is 20.9 Å². The van der Waals surface area contributed by atoms with Crippen LogP contribution in [0.15, 0.2) is 23.1 Å². The molecule has 1 fully saturated rings. The number of hydrogen-bond donors (Lipinski definition) is 2. The molecule has 2 amide bonds. The lowest BCUT2D eigenvalue weighted by molar-refractivity contribution is 0.237. The van der Waals surface area contributed by atoms with E-state index in [-0.39, 0.29) is 17.0 Å². The highest BCUT2D eigenvalue weighted by atomic mass is 32.2. The number of carbonyl (C=O) groups is 1. The molecular weight excluding hydrogens is 368 g/mol. The Balaban J connectivity index is 1.66. The first-order valence-electron chi connectivity index (χ1n) is 9.29. The quantitative estimate of drug-likeness (QED) is 0.736. The molecule has 3 rings (SSSR count). The van der Waals surface area contributed by atoms with Gasteiger partial charge in [0, 0.05) is 25.7 Å². The van der Waals surface area contributed by atoms with Crippen molar-refractivity contribution in [3.8, 4) is 0 Å². The molecule has 1 atom stereocenters. The zero-order valence-electron chi connectivity index (χ0n) is 15.7. The van der Waals surface area contributed by atoms with E-state index in [1.165, 1.54) is 4.31 Å². The van der Waals surface area contributed by atoms with Crippen LogP contribution in [0.3, 0.4) is 0 Å². The molecule has 2 aromatic rings. The lowest BCUT2D eigenvalue weighted by Crippen LogP contribution is -2.41. The van der Waals surface area contributed by atoms with Gasteiger partial charge < -0.3 is 10.6 Å². The van der Waals surface area contributed by atoms with Gasteiger partial charge in [0.15, 0.2) is 0 Å². The summed E-state index contributed by atoms with van der Waals surface area (Å²) in [5, 5.41) is 13.8. The summed E-state index contributed by atoms with van der Waals surface area (Å²) >= 11 is 0. The van der Waals surface area contributed by atoms with Gasteiger partial charge in [-0.05, 0) is 44.4 Å². The highest BCUT2D eigenvalue weighted by Crippen LogP contribution is 2.23. The third-order valence-corrected chi connectivity index (χ3v) is 6.68. The lowest BCUT2D eigenvalue weighted by atomic mass is 10.3. The van der Waals surface area contributed by atoms with Crippen molar-refractivity contribution < 1.29 is 13.2 Å². The summed E-state index contributed by atoms with van der Waals surface area (Å²) in [5.41, 5.74) is 1.26. The molecule has 1 aliphatic heterocycles. The maximum atomic E-state index is 12.7. The minimum absolute atomic E-state index is 0.119. The van der Waals surface area contributed by atoms with Gasteiger partial charge in [0.25, 0.3) is 0 Å². The van der Waals surface area contributed by atoms with Gasteiger partial charge in [-0.3, -0.25) is 0 Å². The van der Waals surface area contributed by atoms with E-state index < -0.39 is 10.0 Å². The molecule has 9 nitrogen and oxygen atoms in total. The third kappa shape index (κ3) is 4.38. The Bertz CT molecular complexity index is 905. The van der Waals surface area contributed by atoms with Gasteiger partial charge in [-0.1, -0.05) is 12.1 Å². The van der Waals surface area contributed by atoms with Crippen LogP contribution in [-0.4, -0.2) is 59.4 Å². The largest absolute Gasteiger partial charge is 0.336 e. The van der Waals surface area contributed by atoms with Gasteiger partial charge in [-0.2, -0.15) is 4.31 Å². The molecule has 0 spiro atoms. The number of hydrogen-bond acceptors (Lipinski definition) is 5. The standard InChI is InChI=1S/C17H26N6O3S/c1-3-13(2)19-17(24)18-8-11-23-16-7-6-14(12-15(16)20-21-23)27(25,26)22-9-4-5-10-22/h6-7,12-13H,3-5,8-11H2,1-2H3,(H2,18,19,24)/t13-/m0/s1. The number of urea groups is 1. The zero-order chi connectivity index (χ0) is 19.4. The number of carbonyl (C=O) groups excluding carboxylic acids is 1. The van der Waals surface area contributed by atoms with Gasteiger partial charge in [0.1, 0.15) is 5.52 Å². The number of amides is 2. The monoisotopic (exact) mass is 394 g/mol. The van der Waals surface area contributed by atoms with E-state index >= 15 is 0 Å². The highest BCUT2D eigenvalue weighted by Gasteiger charge is 2.27. The molecule has 1 aliphatic rings. The van der Waals surface area contributed by atoms with Crippen LogP contribution in [0.5, 0.6) is 0 Å². The highest BCUT2D eigenvalue weighted by molar-refractivity contribution is 7.89. The van der Waals surface area contributed by atoms with Crippen molar-refractivity contribution in [2.24, 2.45) is 0 Å². The fourth-order valence-electron chi connectivity index (χ4n) is 3.01. The Labute approximate surface area is 159 Å². The Hall–Kier alpha value is -2.20. The van der Waals surface area contributed by atoms with Crippen LogP contribution in [0, 0.1) is 0 Å². The summed E-state index contributed by atoms with van der Waals surface area (Å²) < 4.78 is 28.5. The van der Waals surface area contributed by atoms with Gasteiger partial charge >= 0.3 is 6.03 Å². The molecule has 2 heterocycles. The van der Waals surface area contributed by atoms with Crippen LogP contribution in [0.4, 0.5) is 4.79 Å². The van der Waals surface area contributed by atoms with Crippen molar-refractivity contribution in [1.29, 1.82) is 0 Å². The van der Waals surface area contributed by atoms with Crippen molar-refractivity contribution in [2.75, 3.05) is 19.6 Å². The maximum absolute atomic E-state index is 12.7. The third-order valence-electron chi connectivity index (χ3n) is 4.79. The Morgan fingerprint density at radius 2 is 2.04 bits per heavy atom. The topological polar surface area (TPSA) is 109 Å². The molecule has 1 saturated heterocycles. The van der Waals surface area contributed by atoms with Crippen molar-refractivity contribution in [3.05, 3.63) is 18.2 Å². The Morgan fingerprint density at radius 1 is 1.30 bits per heavy atom. The minimum atomic E-state index is -3.47. The molecule has 10 heteroatoms. The van der Waals surface area contributed by atoms with Crippen LogP contribution >= 0.6 is 0 Å². The lowest BCUT2D eigenvalue weighted by Gasteiger charge is -2.15. The molecule has 27 heavy (non-hydrogen) atoms. The van der Waals surface area contributed by atoms with Crippen molar-refractivity contribution in [2.45, 2.75) is 50.6 Å². The second-order valence-electron chi connectivity index (χ2n) is 6.78. The molecular formula is C17H26N6O3S. The van der Waals surface area contributed by atoms with Gasteiger partial charge in [-0.15, -0.1) is 5.10 Å². The van der Waals surface area contributed by atoms with E-state index in [0.29, 0.717) is 31.7 Å². The van der Waals surface area contributed by atoms with E-state index in [1.807, 2.05) is 13.8 Å². The molecule has 0 unspecified atom stereocenters. The van der Waals surface area contributed by atoms with Gasteiger partial charge in [0.2, 0.25) is 10.0 Å². The number of aromatic nitrogens is 3. The zero-order valence-corrected chi connectivity index (χ0v) is 16.5. The van der Waals surface area contributed by atoms with E-state index in [1.54, 1.807) is 22.9 Å². The molecule has 0 aliphatic carbocycles. The molecule has 1 aromatic heterocycles. The summed E-state index contributed by atoms with van der Waals surface area (Å²) in [4.78, 5) is 12.0. The minimum Gasteiger partial charge on any atom is -0.336 e. The fourth-order valence-corrected chi connectivity index (χ4v) is 4.54. The molecule has 0 saturated carbocycles. The van der Waals surface area contributed by atoms with Gasteiger partial charge in [-0.25, -0.2) is 17.9 Å². The summed E-state index contributed by atoms with van der Waals surface area (Å²) in [5.74, 6) is 0. The fraction of sp³-hybridized carbons (Fsp3) is 0.588. The number of nitrogens with one attached hydrogen (secondary N) is 2. The SMILES string of the molecule is CC[C@H](C)NC(=O)NCCn1nnc2cc(S(=O)(=O)N3CCCC3)ccc21. The van der Waals surface area contributed by atoms with Crippen LogP contribution in [-0.2, 0) is 16.6 Å². The van der Waals surface area contributed by atoms with Gasteiger partial charge in [0.05, 0.1) is 17.0 Å². The summed E-state index contributed by atoms with van der Waals surface area (Å²) in [7, 11) is -3.47. The smallest absolute Gasteiger partial charge is 0.315 e. The molecule has 2 N–H and O–H groups in total. The van der Waals surface area contributed by atoms with Crippen molar-refractivity contribution in [3.63, 3.8) is 0 Å². The first-order chi connectivity index (χ1) is 12.9. The summed E-state index contributed by atoms with van der Waals surface area (Å²) in [6, 6.07) is 4.78. The maximum Gasteiger partial charge on any atom is 0.315 e. The molecule has 0 bridgehead atoms. The normalized spacial score (nSPS) is 16.5. The van der Waals surface area contributed by atoms with Crippen LogP contribution in [0.1, 0.15) is 33.1 Å². The van der Waals surface area contributed by atoms with Crippen LogP contribution < -0.4 is 10.6 Å². The number of benzene rings is 1. The van der Waals surface area contributed by atoms with Crippen molar-refractivity contribution in [1.82, 2.24) is 29.9 Å².